The van der Waals surface area contributed by atoms with Gasteiger partial charge in [-0.2, -0.15) is 10.7 Å². The largest absolute Gasteiger partial charge is 0.454 e. The summed E-state index contributed by atoms with van der Waals surface area (Å²) in [6, 6.07) is 7.70. The first-order valence-corrected chi connectivity index (χ1v) is 10.7. The van der Waals surface area contributed by atoms with Gasteiger partial charge < -0.3 is 9.72 Å². The van der Waals surface area contributed by atoms with Crippen LogP contribution in [0.15, 0.2) is 35.1 Å². The number of carbonyl (C=O) groups excluding carboxylic acids is 2. The average molecular weight is 487 g/mol. The van der Waals surface area contributed by atoms with Gasteiger partial charge in [0.2, 0.25) is 0 Å². The number of H-pyrrole nitrogens is 1. The van der Waals surface area contributed by atoms with Crippen molar-refractivity contribution in [3.05, 3.63) is 50.9 Å². The van der Waals surface area contributed by atoms with Crippen molar-refractivity contribution in [2.45, 2.75) is 31.3 Å². The molecule has 5 rings (SSSR count). The minimum atomic E-state index is -1.25. The number of hydrogen-bond acceptors (Lipinski definition) is 6. The van der Waals surface area contributed by atoms with Crippen LogP contribution < -0.4 is 26.2 Å². The minimum Gasteiger partial charge on any atom is -0.454 e. The Hall–Kier alpha value is -3.52. The maximum absolute atomic E-state index is 12.4. The van der Waals surface area contributed by atoms with Gasteiger partial charge in [0.15, 0.2) is 11.8 Å². The van der Waals surface area contributed by atoms with Crippen LogP contribution in [0.4, 0.5) is 10.5 Å². The number of imidazole rings is 1. The van der Waals surface area contributed by atoms with E-state index in [0.717, 1.165) is 17.9 Å². The molecule has 1 aliphatic carbocycles. The number of imide groups is 1. The molecule has 33 heavy (non-hydrogen) atoms. The Morgan fingerprint density at radius 1 is 1.15 bits per heavy atom. The Labute approximate surface area is 196 Å². The summed E-state index contributed by atoms with van der Waals surface area (Å²) in [4.78, 5) is 39.1. The summed E-state index contributed by atoms with van der Waals surface area (Å²) in [6.45, 7) is 2.02. The molecule has 1 aromatic heterocycles. The van der Waals surface area contributed by atoms with E-state index in [4.69, 9.17) is 33.2 Å². The molecule has 3 aromatic rings. The quantitative estimate of drug-likeness (QED) is 0.517. The molecule has 3 N–H and O–H groups in total. The number of hydrogen-bond donors (Lipinski definition) is 3. The number of nitriles is 1. The molecule has 0 bridgehead atoms. The number of nitrogens with zero attached hydrogens (tertiary/aromatic N) is 3. The summed E-state index contributed by atoms with van der Waals surface area (Å²) in [5, 5.41) is 12.3. The molecule has 1 atom stereocenters. The molecule has 3 amide bonds. The third kappa shape index (κ3) is 3.60. The smallest absolute Gasteiger partial charge is 0.343 e. The first-order valence-electron chi connectivity index (χ1n) is 9.93. The number of anilines is 1. The summed E-state index contributed by atoms with van der Waals surface area (Å²) < 4.78 is 7.67. The molecule has 10 nitrogen and oxygen atoms in total. The SMILES string of the molecule is CC1(n2c(=O)[nH]c3ccc(Oc4c(Cl)cc(N5NC(C#N)C(=O)NC5=O)cc4Cl)cc32)CC1. The number of halogens is 2. The molecule has 2 heterocycles. The predicted octanol–water partition coefficient (Wildman–Crippen LogP) is 3.39. The third-order valence-corrected chi connectivity index (χ3v) is 6.27. The van der Waals surface area contributed by atoms with Gasteiger partial charge in [-0.15, -0.1) is 0 Å². The van der Waals surface area contributed by atoms with Crippen LogP contribution in [0.2, 0.25) is 10.0 Å². The highest BCUT2D eigenvalue weighted by Crippen LogP contribution is 2.44. The molecule has 1 aliphatic heterocycles. The maximum atomic E-state index is 12.4. The summed E-state index contributed by atoms with van der Waals surface area (Å²) >= 11 is 12.8. The highest BCUT2D eigenvalue weighted by atomic mass is 35.5. The first-order chi connectivity index (χ1) is 15.7. The molecule has 0 radical (unpaired) electrons. The van der Waals surface area contributed by atoms with Crippen molar-refractivity contribution in [3.63, 3.8) is 0 Å². The fourth-order valence-electron chi connectivity index (χ4n) is 3.74. The lowest BCUT2D eigenvalue weighted by molar-refractivity contribution is -0.121. The zero-order valence-electron chi connectivity index (χ0n) is 17.1. The lowest BCUT2D eigenvalue weighted by atomic mass is 10.2. The minimum absolute atomic E-state index is 0.0956. The Morgan fingerprint density at radius 2 is 1.85 bits per heavy atom. The molecule has 2 aliphatic rings. The van der Waals surface area contributed by atoms with Crippen molar-refractivity contribution in [2.24, 2.45) is 0 Å². The number of aromatic nitrogens is 2. The van der Waals surface area contributed by atoms with E-state index < -0.39 is 18.0 Å². The number of ether oxygens (including phenoxy) is 1. The number of hydrazine groups is 1. The van der Waals surface area contributed by atoms with Gasteiger partial charge in [-0.3, -0.25) is 14.7 Å². The normalized spacial score (nSPS) is 19.3. The van der Waals surface area contributed by atoms with E-state index in [2.05, 4.69) is 15.7 Å². The van der Waals surface area contributed by atoms with Gasteiger partial charge in [-0.25, -0.2) is 14.6 Å². The molecule has 12 heteroatoms. The second kappa shape index (κ2) is 7.52. The number of rotatable bonds is 4. The van der Waals surface area contributed by atoms with Gasteiger partial charge in [0.1, 0.15) is 5.75 Å². The zero-order chi connectivity index (χ0) is 23.5. The van der Waals surface area contributed by atoms with Crippen LogP contribution in [0.5, 0.6) is 11.5 Å². The van der Waals surface area contributed by atoms with E-state index in [0.29, 0.717) is 16.8 Å². The van der Waals surface area contributed by atoms with E-state index >= 15 is 0 Å². The standard InChI is InChI=1S/C21H16Cl2N6O4/c1-21(4-5-21)28-16-8-11(2-3-14(16)25-19(28)31)33-17-12(22)6-10(7-13(17)23)29-20(32)26-18(30)15(9-24)27-29/h2-3,6-8,15,27H,4-5H2,1H3,(H,25,31)(H,26,30,32). The van der Waals surface area contributed by atoms with E-state index in [1.54, 1.807) is 28.8 Å². The highest BCUT2D eigenvalue weighted by Gasteiger charge is 2.41. The van der Waals surface area contributed by atoms with Crippen molar-refractivity contribution in [2.75, 3.05) is 5.01 Å². The summed E-state index contributed by atoms with van der Waals surface area (Å²) in [6.07, 6.45) is 1.83. The molecule has 2 fully saturated rings. The molecule has 0 spiro atoms. The number of amides is 3. The van der Waals surface area contributed by atoms with Crippen LogP contribution >= 0.6 is 23.2 Å². The van der Waals surface area contributed by atoms with Gasteiger partial charge in [-0.1, -0.05) is 23.2 Å². The van der Waals surface area contributed by atoms with Crippen molar-refractivity contribution < 1.29 is 14.3 Å². The number of benzene rings is 2. The van der Waals surface area contributed by atoms with Crippen LogP contribution in [0, 0.1) is 11.3 Å². The summed E-state index contributed by atoms with van der Waals surface area (Å²) in [5.74, 6) is -0.191. The molecular formula is C21H16Cl2N6O4. The average Bonchev–Trinajstić information content (AvgIpc) is 3.40. The fraction of sp³-hybridized carbons (Fsp3) is 0.238. The number of urea groups is 1. The summed E-state index contributed by atoms with van der Waals surface area (Å²) in [7, 11) is 0. The van der Waals surface area contributed by atoms with Crippen molar-refractivity contribution >= 4 is 51.9 Å². The number of carbonyl (C=O) groups is 2. The van der Waals surface area contributed by atoms with Crippen molar-refractivity contribution in [1.82, 2.24) is 20.3 Å². The molecule has 2 aromatic carbocycles. The van der Waals surface area contributed by atoms with Crippen LogP contribution in [0.25, 0.3) is 11.0 Å². The van der Waals surface area contributed by atoms with Gasteiger partial charge in [0.05, 0.1) is 32.8 Å². The van der Waals surface area contributed by atoms with E-state index in [1.165, 1.54) is 12.1 Å². The summed E-state index contributed by atoms with van der Waals surface area (Å²) in [5.41, 5.74) is 3.73. The monoisotopic (exact) mass is 486 g/mol. The van der Waals surface area contributed by atoms with Gasteiger partial charge in [0, 0.05) is 11.6 Å². The molecule has 168 valence electrons. The second-order valence-electron chi connectivity index (χ2n) is 8.10. The lowest BCUT2D eigenvalue weighted by Gasteiger charge is -2.30. The molecular weight excluding hydrogens is 471 g/mol. The molecule has 1 saturated heterocycles. The lowest BCUT2D eigenvalue weighted by Crippen LogP contribution is -2.64. The zero-order valence-corrected chi connectivity index (χ0v) is 18.6. The number of aromatic amines is 1. The van der Waals surface area contributed by atoms with Crippen molar-refractivity contribution in [3.8, 4) is 17.6 Å². The van der Waals surface area contributed by atoms with Gasteiger partial charge in [-0.05, 0) is 44.0 Å². The Balaban J connectivity index is 1.47. The van der Waals surface area contributed by atoms with Gasteiger partial charge >= 0.3 is 11.7 Å². The predicted molar refractivity (Wildman–Crippen MR) is 121 cm³/mol. The Bertz CT molecular complexity index is 1410. The molecule has 1 unspecified atom stereocenters. The number of fused-ring (bicyclic) bond motifs is 1. The first kappa shape index (κ1) is 21.3. The molecule has 1 saturated carbocycles. The Kier molecular flexibility index (Phi) is 4.86. The maximum Gasteiger partial charge on any atom is 0.343 e. The van der Waals surface area contributed by atoms with Crippen LogP contribution in [-0.4, -0.2) is 27.5 Å². The topological polar surface area (TPSA) is 132 Å². The van der Waals surface area contributed by atoms with Gasteiger partial charge in [0.25, 0.3) is 5.91 Å². The van der Waals surface area contributed by atoms with Crippen molar-refractivity contribution in [1.29, 1.82) is 5.26 Å². The number of nitrogens with one attached hydrogen (secondary N) is 3. The third-order valence-electron chi connectivity index (χ3n) is 5.71. The van der Waals surface area contributed by atoms with Crippen LogP contribution in [0.1, 0.15) is 19.8 Å². The fourth-order valence-corrected chi connectivity index (χ4v) is 4.29. The van der Waals surface area contributed by atoms with E-state index in [9.17, 15) is 14.4 Å². The Morgan fingerprint density at radius 3 is 2.48 bits per heavy atom. The van der Waals surface area contributed by atoms with Crippen LogP contribution in [-0.2, 0) is 10.3 Å². The second-order valence-corrected chi connectivity index (χ2v) is 8.92. The highest BCUT2D eigenvalue weighted by molar-refractivity contribution is 6.37. The van der Waals surface area contributed by atoms with Crippen LogP contribution in [0.3, 0.4) is 0 Å². The van der Waals surface area contributed by atoms with E-state index in [-0.39, 0.29) is 32.7 Å². The van der Waals surface area contributed by atoms with E-state index in [1.807, 2.05) is 6.92 Å².